The van der Waals surface area contributed by atoms with Gasteiger partial charge >= 0.3 is 0 Å². The van der Waals surface area contributed by atoms with Crippen LogP contribution in [-0.4, -0.2) is 64.0 Å². The van der Waals surface area contributed by atoms with Crippen LogP contribution in [0.1, 0.15) is 10.5 Å². The first-order valence-electron chi connectivity index (χ1n) is 8.07. The van der Waals surface area contributed by atoms with Gasteiger partial charge in [0, 0.05) is 31.9 Å². The molecule has 128 valence electrons. The van der Waals surface area contributed by atoms with Crippen molar-refractivity contribution in [2.75, 3.05) is 38.2 Å². The normalized spacial score (nSPS) is 14.8. The Morgan fingerprint density at radius 1 is 1.20 bits per heavy atom. The number of anilines is 1. The summed E-state index contributed by atoms with van der Waals surface area (Å²) in [7, 11) is 1.61. The summed E-state index contributed by atoms with van der Waals surface area (Å²) in [5.41, 5.74) is 2.46. The number of nitrogens with one attached hydrogen (secondary N) is 1. The van der Waals surface area contributed by atoms with Crippen LogP contribution in [0, 0.1) is 0 Å². The fourth-order valence-electron chi connectivity index (χ4n) is 3.09. The third-order valence-electron chi connectivity index (χ3n) is 4.44. The second-order valence-electron chi connectivity index (χ2n) is 5.83. The van der Waals surface area contributed by atoms with E-state index in [2.05, 4.69) is 24.8 Å². The van der Waals surface area contributed by atoms with Gasteiger partial charge < -0.3 is 19.5 Å². The van der Waals surface area contributed by atoms with E-state index < -0.39 is 0 Å². The lowest BCUT2D eigenvalue weighted by Gasteiger charge is -2.36. The second-order valence-corrected chi connectivity index (χ2v) is 5.83. The summed E-state index contributed by atoms with van der Waals surface area (Å²) in [4.78, 5) is 31.7. The van der Waals surface area contributed by atoms with Crippen molar-refractivity contribution < 1.29 is 9.53 Å². The molecule has 4 rings (SSSR count). The van der Waals surface area contributed by atoms with Crippen LogP contribution in [0.3, 0.4) is 0 Å². The summed E-state index contributed by atoms with van der Waals surface area (Å²) in [5, 5.41) is 0.887. The van der Waals surface area contributed by atoms with Gasteiger partial charge in [0.1, 0.15) is 12.0 Å². The van der Waals surface area contributed by atoms with E-state index in [1.807, 2.05) is 23.1 Å². The van der Waals surface area contributed by atoms with Crippen LogP contribution in [0.5, 0.6) is 5.88 Å². The summed E-state index contributed by atoms with van der Waals surface area (Å²) in [6.07, 6.45) is 4.58. The van der Waals surface area contributed by atoms with Gasteiger partial charge in [-0.25, -0.2) is 15.0 Å². The molecule has 0 atom stereocenters. The third kappa shape index (κ3) is 2.86. The summed E-state index contributed by atoms with van der Waals surface area (Å²) >= 11 is 0. The number of carbonyl (C=O) groups excluding carboxylic acids is 1. The van der Waals surface area contributed by atoms with Gasteiger partial charge in [-0.15, -0.1) is 0 Å². The van der Waals surface area contributed by atoms with Crippen LogP contribution in [0.4, 0.5) is 5.69 Å². The van der Waals surface area contributed by atoms with E-state index in [9.17, 15) is 4.79 Å². The number of hydrogen-bond acceptors (Lipinski definition) is 6. The number of fused-ring (bicyclic) bond motifs is 1. The molecule has 1 saturated heterocycles. The summed E-state index contributed by atoms with van der Waals surface area (Å²) < 4.78 is 5.33. The zero-order chi connectivity index (χ0) is 17.2. The Bertz CT molecular complexity index is 887. The maximum Gasteiger partial charge on any atom is 0.272 e. The predicted molar refractivity (Wildman–Crippen MR) is 92.8 cm³/mol. The Hall–Kier alpha value is -3.16. The number of imidazole rings is 1. The summed E-state index contributed by atoms with van der Waals surface area (Å²) in [6, 6.07) is 6.05. The lowest BCUT2D eigenvalue weighted by atomic mass is 10.2. The van der Waals surface area contributed by atoms with E-state index in [4.69, 9.17) is 4.74 Å². The highest BCUT2D eigenvalue weighted by molar-refractivity contribution is 5.92. The number of H-pyrrole nitrogens is 1. The number of ether oxygens (including phenoxy) is 1. The van der Waals surface area contributed by atoms with Crippen LogP contribution in [0.2, 0.25) is 0 Å². The van der Waals surface area contributed by atoms with Gasteiger partial charge in [0.15, 0.2) is 0 Å². The van der Waals surface area contributed by atoms with E-state index in [0.717, 1.165) is 29.7 Å². The molecule has 0 radical (unpaired) electrons. The number of methoxy groups -OCH3 is 1. The third-order valence-corrected chi connectivity index (χ3v) is 4.44. The molecule has 25 heavy (non-hydrogen) atoms. The highest BCUT2D eigenvalue weighted by atomic mass is 16.5. The molecule has 0 unspecified atom stereocenters. The van der Waals surface area contributed by atoms with Crippen molar-refractivity contribution in [1.29, 1.82) is 0 Å². The molecule has 0 aliphatic carbocycles. The molecule has 3 heterocycles. The van der Waals surface area contributed by atoms with Crippen molar-refractivity contribution in [2.45, 2.75) is 0 Å². The van der Waals surface area contributed by atoms with Crippen molar-refractivity contribution in [2.24, 2.45) is 0 Å². The van der Waals surface area contributed by atoms with Crippen molar-refractivity contribution in [1.82, 2.24) is 24.8 Å². The molecule has 0 bridgehead atoms. The monoisotopic (exact) mass is 338 g/mol. The molecule has 1 amide bonds. The van der Waals surface area contributed by atoms with Crippen LogP contribution in [0.15, 0.2) is 37.1 Å². The number of rotatable bonds is 3. The van der Waals surface area contributed by atoms with Gasteiger partial charge in [-0.1, -0.05) is 0 Å². The van der Waals surface area contributed by atoms with Gasteiger partial charge in [0.2, 0.25) is 5.88 Å². The van der Waals surface area contributed by atoms with Gasteiger partial charge in [0.25, 0.3) is 5.91 Å². The number of carbonyl (C=O) groups is 1. The Morgan fingerprint density at radius 2 is 2.04 bits per heavy atom. The second kappa shape index (κ2) is 6.39. The molecular formula is C17H18N6O2. The first-order valence-corrected chi connectivity index (χ1v) is 8.07. The predicted octanol–water partition coefficient (Wildman–Crippen LogP) is 1.32. The number of aromatic nitrogens is 4. The number of nitrogens with zero attached hydrogens (tertiary/aromatic N) is 5. The minimum Gasteiger partial charge on any atom is -0.480 e. The fraction of sp³-hybridized carbons (Fsp3) is 0.294. The standard InChI is InChI=1S/C17H18N6O2/c1-25-16-13-8-12(2-3-14(13)20-11-21-16)22-4-6-23(7-5-22)17(24)15-9-18-10-19-15/h2-3,8-11H,4-7H2,1H3,(H,18,19). The first kappa shape index (κ1) is 15.4. The summed E-state index contributed by atoms with van der Waals surface area (Å²) in [5.74, 6) is 0.561. The Labute approximate surface area is 144 Å². The molecule has 1 aliphatic rings. The molecule has 1 N–H and O–H groups in total. The highest BCUT2D eigenvalue weighted by Gasteiger charge is 2.23. The average Bonchev–Trinajstić information content (AvgIpc) is 3.21. The molecule has 0 spiro atoms. The maximum atomic E-state index is 12.4. The average molecular weight is 338 g/mol. The van der Waals surface area contributed by atoms with E-state index in [1.54, 1.807) is 13.3 Å². The number of hydrogen-bond donors (Lipinski definition) is 1. The fourth-order valence-corrected chi connectivity index (χ4v) is 3.09. The van der Waals surface area contributed by atoms with E-state index in [0.29, 0.717) is 24.7 Å². The summed E-state index contributed by atoms with van der Waals surface area (Å²) in [6.45, 7) is 2.86. The van der Waals surface area contributed by atoms with Crippen LogP contribution < -0.4 is 9.64 Å². The maximum absolute atomic E-state index is 12.4. The SMILES string of the molecule is COc1ncnc2ccc(N3CCN(C(=O)c4cnc[nH]4)CC3)cc12. The zero-order valence-electron chi connectivity index (χ0n) is 13.8. The van der Waals surface area contributed by atoms with Gasteiger partial charge in [-0.05, 0) is 18.2 Å². The van der Waals surface area contributed by atoms with Gasteiger partial charge in [0.05, 0.1) is 30.5 Å². The lowest BCUT2D eigenvalue weighted by Crippen LogP contribution is -2.48. The van der Waals surface area contributed by atoms with Crippen molar-refractivity contribution >= 4 is 22.5 Å². The van der Waals surface area contributed by atoms with Crippen molar-refractivity contribution in [3.8, 4) is 5.88 Å². The van der Waals surface area contributed by atoms with Gasteiger partial charge in [-0.3, -0.25) is 4.79 Å². The Morgan fingerprint density at radius 3 is 2.76 bits per heavy atom. The van der Waals surface area contributed by atoms with Crippen LogP contribution in [-0.2, 0) is 0 Å². The zero-order valence-corrected chi connectivity index (χ0v) is 13.8. The van der Waals surface area contributed by atoms with E-state index >= 15 is 0 Å². The van der Waals surface area contributed by atoms with E-state index in [-0.39, 0.29) is 5.91 Å². The molecule has 1 aliphatic heterocycles. The molecule has 8 nitrogen and oxygen atoms in total. The largest absolute Gasteiger partial charge is 0.480 e. The molecule has 8 heteroatoms. The van der Waals surface area contributed by atoms with Crippen molar-refractivity contribution in [3.05, 3.63) is 42.7 Å². The number of benzene rings is 1. The smallest absolute Gasteiger partial charge is 0.272 e. The Balaban J connectivity index is 1.51. The molecule has 3 aromatic rings. The topological polar surface area (TPSA) is 87.2 Å². The molecule has 0 saturated carbocycles. The minimum atomic E-state index is -0.00858. The first-order chi connectivity index (χ1) is 12.3. The number of piperazine rings is 1. The lowest BCUT2D eigenvalue weighted by molar-refractivity contribution is 0.0741. The van der Waals surface area contributed by atoms with Gasteiger partial charge in [-0.2, -0.15) is 0 Å². The molecule has 2 aromatic heterocycles. The molecule has 1 aromatic carbocycles. The molecule has 1 fully saturated rings. The number of amides is 1. The minimum absolute atomic E-state index is 0.00858. The van der Waals surface area contributed by atoms with Crippen LogP contribution >= 0.6 is 0 Å². The Kier molecular flexibility index (Phi) is 3.93. The van der Waals surface area contributed by atoms with E-state index in [1.165, 1.54) is 12.7 Å². The number of aromatic amines is 1. The quantitative estimate of drug-likeness (QED) is 0.775. The highest BCUT2D eigenvalue weighted by Crippen LogP contribution is 2.27. The molecular weight excluding hydrogens is 320 g/mol. The van der Waals surface area contributed by atoms with Crippen LogP contribution in [0.25, 0.3) is 10.9 Å². The van der Waals surface area contributed by atoms with Crippen molar-refractivity contribution in [3.63, 3.8) is 0 Å².